The molecule has 0 amide bonds. The van der Waals surface area contributed by atoms with Gasteiger partial charge in [-0.3, -0.25) is 14.4 Å². The van der Waals surface area contributed by atoms with Crippen LogP contribution >= 0.6 is 0 Å². The molecular formula is C30H38O10. The van der Waals surface area contributed by atoms with E-state index in [1.54, 1.807) is 19.1 Å². The van der Waals surface area contributed by atoms with Crippen LogP contribution in [0.25, 0.3) is 0 Å². The number of rotatable bonds is 3. The molecule has 0 saturated carbocycles. The zero-order chi connectivity index (χ0) is 29.9. The summed E-state index contributed by atoms with van der Waals surface area (Å²) >= 11 is 0. The highest BCUT2D eigenvalue weighted by Gasteiger charge is 2.41. The van der Waals surface area contributed by atoms with Crippen molar-refractivity contribution >= 4 is 17.3 Å². The third kappa shape index (κ3) is 5.62. The molecule has 0 spiro atoms. The van der Waals surface area contributed by atoms with E-state index in [0.29, 0.717) is 18.4 Å². The van der Waals surface area contributed by atoms with Crippen LogP contribution in [0.3, 0.4) is 0 Å². The van der Waals surface area contributed by atoms with Crippen LogP contribution in [-0.2, 0) is 22.4 Å². The fourth-order valence-corrected chi connectivity index (χ4v) is 5.51. The van der Waals surface area contributed by atoms with Crippen LogP contribution in [0.5, 0.6) is 17.2 Å². The van der Waals surface area contributed by atoms with Gasteiger partial charge in [-0.2, -0.15) is 0 Å². The number of hydrogen-bond donors (Lipinski definition) is 5. The predicted molar refractivity (Wildman–Crippen MR) is 145 cm³/mol. The summed E-state index contributed by atoms with van der Waals surface area (Å²) in [6.45, 7) is 7.07. The highest BCUT2D eigenvalue weighted by Crippen LogP contribution is 2.47. The van der Waals surface area contributed by atoms with Crippen molar-refractivity contribution in [1.29, 1.82) is 0 Å². The van der Waals surface area contributed by atoms with Gasteiger partial charge in [-0.05, 0) is 38.2 Å². The molecule has 5 atom stereocenters. The Hall–Kier alpha value is -3.31. The number of benzene rings is 2. The first kappa shape index (κ1) is 31.2. The molecule has 3 aliphatic rings. The van der Waals surface area contributed by atoms with Crippen molar-refractivity contribution < 1.29 is 49.4 Å². The number of ether oxygens (including phenoxy) is 2. The van der Waals surface area contributed by atoms with Crippen LogP contribution in [0.4, 0.5) is 0 Å². The largest absolute Gasteiger partial charge is 0.507 e. The standard InChI is InChI=1S/C21H18O7.C7H14O3.C2H6/c1-28-14-4-2-3-11-15(14)21(27)17-16(19(11)25)20(26)12-7-9(13(23)8-22)5-6-10(12)18(17)24;1-4-3-6(8)10-5(2)7(4)9;1-2/h2-4,9,22,24,26H,5-8H2,1H3;4-9H,3H2,1-2H3;1-2H3/t9-;;/m0../s1. The molecule has 0 aromatic heterocycles. The van der Waals surface area contributed by atoms with Gasteiger partial charge in [-0.15, -0.1) is 0 Å². The van der Waals surface area contributed by atoms with Gasteiger partial charge in [0.25, 0.3) is 0 Å². The van der Waals surface area contributed by atoms with E-state index in [9.17, 15) is 29.7 Å². The first-order valence-electron chi connectivity index (χ1n) is 13.5. The molecule has 0 bridgehead atoms. The molecule has 218 valence electrons. The number of phenols is 2. The van der Waals surface area contributed by atoms with Crippen molar-refractivity contribution in [1.82, 2.24) is 0 Å². The Morgan fingerprint density at radius 2 is 1.62 bits per heavy atom. The fourth-order valence-electron chi connectivity index (χ4n) is 5.51. The molecule has 0 radical (unpaired) electrons. The van der Waals surface area contributed by atoms with E-state index in [0.717, 1.165) is 0 Å². The molecule has 1 saturated heterocycles. The summed E-state index contributed by atoms with van der Waals surface area (Å²) in [7, 11) is 1.38. The monoisotopic (exact) mass is 558 g/mol. The van der Waals surface area contributed by atoms with Crippen molar-refractivity contribution in [2.75, 3.05) is 13.7 Å². The number of aliphatic hydroxyl groups is 3. The van der Waals surface area contributed by atoms with E-state index in [2.05, 4.69) is 0 Å². The lowest BCUT2D eigenvalue weighted by Crippen LogP contribution is -2.42. The van der Waals surface area contributed by atoms with Gasteiger partial charge in [-0.1, -0.05) is 32.9 Å². The van der Waals surface area contributed by atoms with Crippen molar-refractivity contribution in [3.05, 3.63) is 51.6 Å². The van der Waals surface area contributed by atoms with Crippen molar-refractivity contribution in [3.8, 4) is 17.2 Å². The Labute approximate surface area is 233 Å². The minimum atomic E-state index is -0.687. The van der Waals surface area contributed by atoms with E-state index < -0.39 is 36.5 Å². The van der Waals surface area contributed by atoms with Crippen LogP contribution in [0.1, 0.15) is 83.5 Å². The van der Waals surface area contributed by atoms with Crippen LogP contribution in [0.15, 0.2) is 18.2 Å². The summed E-state index contributed by atoms with van der Waals surface area (Å²) in [5.41, 5.74) is 0.301. The number of Topliss-reactive ketones (excluding diaryl/α,β-unsaturated/α-hetero) is 1. The number of hydrogen-bond acceptors (Lipinski definition) is 10. The van der Waals surface area contributed by atoms with Crippen LogP contribution in [0, 0.1) is 11.8 Å². The second-order valence-corrected chi connectivity index (χ2v) is 10.0. The molecular weight excluding hydrogens is 520 g/mol. The molecule has 1 aliphatic heterocycles. The van der Waals surface area contributed by atoms with E-state index in [-0.39, 0.29) is 75.7 Å². The van der Waals surface area contributed by atoms with E-state index in [1.165, 1.54) is 13.2 Å². The molecule has 10 nitrogen and oxygen atoms in total. The SMILES string of the molecule is CC.CC1CC(O)OC(C)C1O.COc1cccc2c1C(=O)c1c(O)c3c(c(O)c1C2=O)C[C@@H](C(=O)CO)CC3. The summed E-state index contributed by atoms with van der Waals surface area (Å²) in [4.78, 5) is 38.1. The van der Waals surface area contributed by atoms with E-state index in [1.807, 2.05) is 20.8 Å². The van der Waals surface area contributed by atoms with Gasteiger partial charge in [0.15, 0.2) is 17.9 Å². The predicted octanol–water partition coefficient (Wildman–Crippen LogP) is 2.68. The first-order chi connectivity index (χ1) is 19.0. The maximum absolute atomic E-state index is 13.1. The Morgan fingerprint density at radius 3 is 2.23 bits per heavy atom. The van der Waals surface area contributed by atoms with Crippen LogP contribution in [0.2, 0.25) is 0 Å². The second kappa shape index (κ2) is 12.9. The maximum Gasteiger partial charge on any atom is 0.202 e. The molecule has 2 aromatic rings. The number of phenolic OH excluding ortho intramolecular Hbond substituents is 2. The van der Waals surface area contributed by atoms with Gasteiger partial charge in [-0.25, -0.2) is 0 Å². The van der Waals surface area contributed by atoms with E-state index >= 15 is 0 Å². The van der Waals surface area contributed by atoms with Gasteiger partial charge in [0, 0.05) is 29.0 Å². The molecule has 5 N–H and O–H groups in total. The third-order valence-electron chi connectivity index (χ3n) is 7.65. The molecule has 4 unspecified atom stereocenters. The molecule has 40 heavy (non-hydrogen) atoms. The minimum Gasteiger partial charge on any atom is -0.507 e. The molecule has 5 rings (SSSR count). The second-order valence-electron chi connectivity index (χ2n) is 10.0. The normalized spacial score (nSPS) is 24.8. The molecule has 1 heterocycles. The zero-order valence-electron chi connectivity index (χ0n) is 23.4. The topological polar surface area (TPSA) is 171 Å². The average Bonchev–Trinajstić information content (AvgIpc) is 2.96. The highest BCUT2D eigenvalue weighted by molar-refractivity contribution is 6.31. The van der Waals surface area contributed by atoms with Crippen molar-refractivity contribution in [3.63, 3.8) is 0 Å². The Balaban J connectivity index is 0.000000309. The average molecular weight is 559 g/mol. The molecule has 2 aliphatic carbocycles. The minimum absolute atomic E-state index is 0.0568. The summed E-state index contributed by atoms with van der Waals surface area (Å²) in [6.07, 6.45) is -0.103. The number of aromatic hydroxyl groups is 2. The summed E-state index contributed by atoms with van der Waals surface area (Å²) in [5.74, 6) is -2.42. The number of aliphatic hydroxyl groups excluding tert-OH is 3. The van der Waals surface area contributed by atoms with Gasteiger partial charge in [0.05, 0.1) is 36.0 Å². The third-order valence-corrected chi connectivity index (χ3v) is 7.65. The number of carbonyl (C=O) groups is 3. The lowest BCUT2D eigenvalue weighted by Gasteiger charge is -2.33. The number of carbonyl (C=O) groups excluding carboxylic acids is 3. The number of methoxy groups -OCH3 is 1. The summed E-state index contributed by atoms with van der Waals surface area (Å²) in [6, 6.07) is 4.59. The Morgan fingerprint density at radius 1 is 1.00 bits per heavy atom. The van der Waals surface area contributed by atoms with Crippen molar-refractivity contribution in [2.45, 2.75) is 71.9 Å². The molecule has 2 aromatic carbocycles. The van der Waals surface area contributed by atoms with Crippen LogP contribution < -0.4 is 4.74 Å². The van der Waals surface area contributed by atoms with Gasteiger partial charge in [0.2, 0.25) is 5.78 Å². The number of ketones is 3. The Bertz CT molecular complexity index is 1270. The van der Waals surface area contributed by atoms with Crippen LogP contribution in [-0.4, -0.2) is 75.1 Å². The van der Waals surface area contributed by atoms with E-state index in [4.69, 9.17) is 19.7 Å². The Kier molecular flexibility index (Phi) is 10.1. The van der Waals surface area contributed by atoms with Gasteiger partial charge < -0.3 is 35.0 Å². The van der Waals surface area contributed by atoms with Gasteiger partial charge in [0.1, 0.15) is 23.9 Å². The fraction of sp³-hybridized carbons (Fsp3) is 0.500. The molecule has 1 fully saturated rings. The first-order valence-corrected chi connectivity index (χ1v) is 13.5. The maximum atomic E-state index is 13.1. The summed E-state index contributed by atoms with van der Waals surface area (Å²) < 4.78 is 10.2. The highest BCUT2D eigenvalue weighted by atomic mass is 16.6. The van der Waals surface area contributed by atoms with Crippen molar-refractivity contribution in [2.24, 2.45) is 11.8 Å². The number of fused-ring (bicyclic) bond motifs is 3. The lowest BCUT2D eigenvalue weighted by molar-refractivity contribution is -0.209. The molecule has 10 heteroatoms. The lowest BCUT2D eigenvalue weighted by atomic mass is 9.75. The summed E-state index contributed by atoms with van der Waals surface area (Å²) in [5, 5.41) is 49.1. The zero-order valence-corrected chi connectivity index (χ0v) is 23.4. The quantitative estimate of drug-likeness (QED) is 0.301. The smallest absolute Gasteiger partial charge is 0.202 e. The van der Waals surface area contributed by atoms with Gasteiger partial charge >= 0.3 is 0 Å².